The molecule has 154 valence electrons. The lowest BCUT2D eigenvalue weighted by Gasteiger charge is -2.28. The van der Waals surface area contributed by atoms with Crippen molar-refractivity contribution < 1.29 is 24.2 Å². The van der Waals surface area contributed by atoms with Crippen LogP contribution in [-0.2, 0) is 4.79 Å². The molecular weight excluding hydrogens is 392 g/mol. The van der Waals surface area contributed by atoms with E-state index in [1.165, 1.54) is 30.5 Å². The van der Waals surface area contributed by atoms with Crippen LogP contribution in [0.4, 0.5) is 0 Å². The summed E-state index contributed by atoms with van der Waals surface area (Å²) in [5.74, 6) is -0.370. The van der Waals surface area contributed by atoms with Crippen LogP contribution in [0.5, 0.6) is 11.5 Å². The molecule has 2 heterocycles. The molecule has 1 aromatic heterocycles. The van der Waals surface area contributed by atoms with Gasteiger partial charge in [0.1, 0.15) is 0 Å². The molecule has 0 radical (unpaired) electrons. The number of hydrogen-bond donors (Lipinski definition) is 1. The Kier molecular flexibility index (Phi) is 6.24. The Hall–Kier alpha value is -2.84. The minimum absolute atomic E-state index is 0.0865. The van der Waals surface area contributed by atoms with Crippen molar-refractivity contribution in [3.63, 3.8) is 0 Å². The predicted octanol–water partition coefficient (Wildman–Crippen LogP) is 2.91. The second-order valence-corrected chi connectivity index (χ2v) is 7.84. The first kappa shape index (κ1) is 20.9. The number of amides is 1. The highest BCUT2D eigenvalue weighted by molar-refractivity contribution is 7.12. The Morgan fingerprint density at radius 1 is 1.21 bits per heavy atom. The normalized spacial score (nSPS) is 16.7. The number of thiophene rings is 1. The summed E-state index contributed by atoms with van der Waals surface area (Å²) in [4.78, 5) is 30.0. The third-order valence-electron chi connectivity index (χ3n) is 4.80. The lowest BCUT2D eigenvalue weighted by atomic mass is 9.95. The van der Waals surface area contributed by atoms with Crippen molar-refractivity contribution in [3.8, 4) is 11.5 Å². The molecule has 0 saturated carbocycles. The van der Waals surface area contributed by atoms with Gasteiger partial charge in [-0.05, 0) is 43.2 Å². The molecule has 2 aromatic rings. The number of rotatable bonds is 8. The highest BCUT2D eigenvalue weighted by atomic mass is 32.1. The molecule has 7 nitrogen and oxygen atoms in total. The van der Waals surface area contributed by atoms with E-state index in [1.54, 1.807) is 35.7 Å². The number of hydrogen-bond acceptors (Lipinski definition) is 7. The van der Waals surface area contributed by atoms with Crippen molar-refractivity contribution in [1.29, 1.82) is 0 Å². The average Bonchev–Trinajstić information content (AvgIpc) is 3.33. The van der Waals surface area contributed by atoms with Crippen molar-refractivity contribution in [2.24, 2.45) is 0 Å². The monoisotopic (exact) mass is 416 g/mol. The van der Waals surface area contributed by atoms with Crippen molar-refractivity contribution in [1.82, 2.24) is 9.80 Å². The van der Waals surface area contributed by atoms with Gasteiger partial charge in [-0.25, -0.2) is 0 Å². The van der Waals surface area contributed by atoms with Crippen LogP contribution in [0.3, 0.4) is 0 Å². The van der Waals surface area contributed by atoms with E-state index in [0.29, 0.717) is 35.0 Å². The highest BCUT2D eigenvalue weighted by Crippen LogP contribution is 2.41. The molecule has 0 unspecified atom stereocenters. The SMILES string of the molecule is COc1ccc([C@@H]2C(C(=O)c3cccs3)=C(O)C(=O)N2CCN(C)C)cc1OC. The van der Waals surface area contributed by atoms with E-state index < -0.39 is 17.7 Å². The molecule has 1 N–H and O–H groups in total. The van der Waals surface area contributed by atoms with Crippen LogP contribution in [0, 0.1) is 0 Å². The Bertz CT molecular complexity index is 937. The quantitative estimate of drug-likeness (QED) is 0.667. The van der Waals surface area contributed by atoms with Gasteiger partial charge in [-0.2, -0.15) is 0 Å². The second-order valence-electron chi connectivity index (χ2n) is 6.89. The van der Waals surface area contributed by atoms with Gasteiger partial charge >= 0.3 is 0 Å². The topological polar surface area (TPSA) is 79.3 Å². The molecule has 1 aliphatic heterocycles. The summed E-state index contributed by atoms with van der Waals surface area (Å²) in [7, 11) is 6.86. The van der Waals surface area contributed by atoms with Gasteiger partial charge in [-0.15, -0.1) is 11.3 Å². The summed E-state index contributed by atoms with van der Waals surface area (Å²) in [6.07, 6.45) is 0. The van der Waals surface area contributed by atoms with Crippen molar-refractivity contribution >= 4 is 23.0 Å². The third kappa shape index (κ3) is 3.99. The summed E-state index contributed by atoms with van der Waals surface area (Å²) < 4.78 is 10.7. The maximum absolute atomic E-state index is 13.2. The molecule has 1 amide bonds. The Balaban J connectivity index is 2.10. The first-order valence-electron chi connectivity index (χ1n) is 9.08. The summed E-state index contributed by atoms with van der Waals surface area (Å²) in [6.45, 7) is 0.944. The van der Waals surface area contributed by atoms with Crippen LogP contribution < -0.4 is 9.47 Å². The second kappa shape index (κ2) is 8.67. The van der Waals surface area contributed by atoms with Gasteiger partial charge in [0.05, 0.1) is 30.7 Å². The number of carbonyl (C=O) groups is 2. The minimum Gasteiger partial charge on any atom is -0.503 e. The molecule has 0 saturated heterocycles. The lowest BCUT2D eigenvalue weighted by molar-refractivity contribution is -0.129. The summed E-state index contributed by atoms with van der Waals surface area (Å²) in [5.41, 5.74) is 0.752. The number of Topliss-reactive ketones (excluding diaryl/α,β-unsaturated/α-hetero) is 1. The smallest absolute Gasteiger partial charge is 0.290 e. The predicted molar refractivity (Wildman–Crippen MR) is 111 cm³/mol. The van der Waals surface area contributed by atoms with Gasteiger partial charge in [-0.1, -0.05) is 12.1 Å². The number of likely N-dealkylation sites (N-methyl/N-ethyl adjacent to an activating group) is 1. The van der Waals surface area contributed by atoms with Crippen molar-refractivity contribution in [2.45, 2.75) is 6.04 Å². The van der Waals surface area contributed by atoms with Gasteiger partial charge < -0.3 is 24.4 Å². The van der Waals surface area contributed by atoms with Gasteiger partial charge in [0.25, 0.3) is 5.91 Å². The van der Waals surface area contributed by atoms with Gasteiger partial charge in [0.15, 0.2) is 17.3 Å². The van der Waals surface area contributed by atoms with Gasteiger partial charge in [0, 0.05) is 13.1 Å². The fourth-order valence-electron chi connectivity index (χ4n) is 3.33. The summed E-state index contributed by atoms with van der Waals surface area (Å²) in [5, 5.41) is 12.4. The van der Waals surface area contributed by atoms with Crippen LogP contribution >= 0.6 is 11.3 Å². The fourth-order valence-corrected chi connectivity index (χ4v) is 4.01. The van der Waals surface area contributed by atoms with Crippen LogP contribution in [0.25, 0.3) is 0 Å². The van der Waals surface area contributed by atoms with Crippen molar-refractivity contribution in [3.05, 3.63) is 57.5 Å². The number of benzene rings is 1. The van der Waals surface area contributed by atoms with E-state index in [4.69, 9.17) is 9.47 Å². The first-order valence-corrected chi connectivity index (χ1v) is 9.96. The zero-order chi connectivity index (χ0) is 21.1. The zero-order valence-electron chi connectivity index (χ0n) is 16.8. The number of ether oxygens (including phenoxy) is 2. The molecule has 8 heteroatoms. The Morgan fingerprint density at radius 2 is 1.93 bits per heavy atom. The van der Waals surface area contributed by atoms with E-state index >= 15 is 0 Å². The van der Waals surface area contributed by atoms with Crippen molar-refractivity contribution in [2.75, 3.05) is 41.4 Å². The summed E-state index contributed by atoms with van der Waals surface area (Å²) >= 11 is 1.27. The maximum atomic E-state index is 13.2. The molecule has 29 heavy (non-hydrogen) atoms. The van der Waals surface area contributed by atoms with Crippen LogP contribution in [0.2, 0.25) is 0 Å². The summed E-state index contributed by atoms with van der Waals surface area (Å²) in [6, 6.07) is 7.98. The van der Waals surface area contributed by atoms with E-state index in [2.05, 4.69) is 0 Å². The van der Waals surface area contributed by atoms with E-state index in [1.807, 2.05) is 19.0 Å². The molecular formula is C21H24N2O5S. The number of aliphatic hydroxyl groups excluding tert-OH is 1. The van der Waals surface area contributed by atoms with Gasteiger partial charge in [-0.3, -0.25) is 9.59 Å². The van der Waals surface area contributed by atoms with Crippen LogP contribution in [0.1, 0.15) is 21.3 Å². The van der Waals surface area contributed by atoms with E-state index in [-0.39, 0.29) is 11.4 Å². The minimum atomic E-state index is -0.711. The third-order valence-corrected chi connectivity index (χ3v) is 5.67. The molecule has 0 spiro atoms. The number of aliphatic hydroxyl groups is 1. The standard InChI is InChI=1S/C21H24N2O5S/c1-22(2)9-10-23-18(13-7-8-14(27-3)15(12-13)28-4)17(20(25)21(23)26)19(24)16-6-5-11-29-16/h5-8,11-12,18,25H,9-10H2,1-4H3/t18-/m1/s1. The Labute approximate surface area is 173 Å². The molecule has 0 fully saturated rings. The van der Waals surface area contributed by atoms with Crippen LogP contribution in [0.15, 0.2) is 47.0 Å². The fraction of sp³-hybridized carbons (Fsp3) is 0.333. The maximum Gasteiger partial charge on any atom is 0.290 e. The van der Waals surface area contributed by atoms with E-state index in [0.717, 1.165) is 0 Å². The Morgan fingerprint density at radius 3 is 2.52 bits per heavy atom. The molecule has 3 rings (SSSR count). The molecule has 1 aliphatic rings. The van der Waals surface area contributed by atoms with E-state index in [9.17, 15) is 14.7 Å². The molecule has 1 atom stereocenters. The molecule has 1 aromatic carbocycles. The number of carbonyl (C=O) groups excluding carboxylic acids is 2. The lowest BCUT2D eigenvalue weighted by Crippen LogP contribution is -2.36. The number of methoxy groups -OCH3 is 2. The zero-order valence-corrected chi connectivity index (χ0v) is 17.7. The average molecular weight is 416 g/mol. The molecule has 0 bridgehead atoms. The van der Waals surface area contributed by atoms with Gasteiger partial charge in [0.2, 0.25) is 5.78 Å². The number of nitrogens with zero attached hydrogens (tertiary/aromatic N) is 2. The first-order chi connectivity index (χ1) is 13.9. The number of ketones is 1. The molecule has 0 aliphatic carbocycles. The largest absolute Gasteiger partial charge is 0.503 e. The van der Waals surface area contributed by atoms with Crippen LogP contribution in [-0.4, -0.2) is 68.0 Å². The highest BCUT2D eigenvalue weighted by Gasteiger charge is 2.44.